The van der Waals surface area contributed by atoms with E-state index < -0.39 is 0 Å². The lowest BCUT2D eigenvalue weighted by atomic mass is 9.86. The monoisotopic (exact) mass is 411 g/mol. The first-order valence-electron chi connectivity index (χ1n) is 10.1. The molecule has 0 amide bonds. The van der Waals surface area contributed by atoms with Gasteiger partial charge in [0.1, 0.15) is 0 Å². The zero-order chi connectivity index (χ0) is 20.5. The van der Waals surface area contributed by atoms with Gasteiger partial charge >= 0.3 is 0 Å². The van der Waals surface area contributed by atoms with Crippen molar-refractivity contribution >= 4 is 38.7 Å². The van der Waals surface area contributed by atoms with Crippen molar-refractivity contribution in [1.82, 2.24) is 19.9 Å². The van der Waals surface area contributed by atoms with Crippen molar-refractivity contribution in [2.45, 2.75) is 33.1 Å². The number of aromatic nitrogens is 4. The number of aryl methyl sites for hydroxylation is 2. The summed E-state index contributed by atoms with van der Waals surface area (Å²) in [6.45, 7) is 0. The lowest BCUT2D eigenvalue weighted by Crippen LogP contribution is -2.12. The first kappa shape index (κ1) is 20.5. The highest BCUT2D eigenvalue weighted by molar-refractivity contribution is 6.08. The lowest BCUT2D eigenvalue weighted by molar-refractivity contribution is 0.690. The van der Waals surface area contributed by atoms with E-state index in [2.05, 4.69) is 68.5 Å². The molecular formula is C25H25N5O. The highest BCUT2D eigenvalue weighted by Gasteiger charge is 2.13. The topological polar surface area (TPSA) is 97.5 Å². The van der Waals surface area contributed by atoms with E-state index in [1.165, 1.54) is 59.6 Å². The molecule has 2 heterocycles. The Bertz CT molecular complexity index is 1440. The van der Waals surface area contributed by atoms with Gasteiger partial charge in [0.05, 0.1) is 0 Å². The smallest absolute Gasteiger partial charge is 0.280 e. The second-order valence-electron chi connectivity index (χ2n) is 7.47. The molecule has 6 rings (SSSR count). The van der Waals surface area contributed by atoms with E-state index in [0.717, 1.165) is 0 Å². The molecule has 2 aromatic heterocycles. The summed E-state index contributed by atoms with van der Waals surface area (Å²) in [6.07, 6.45) is 8.10. The summed E-state index contributed by atoms with van der Waals surface area (Å²) in [5, 5.41) is 5.64. The van der Waals surface area contributed by atoms with Gasteiger partial charge < -0.3 is 5.73 Å². The van der Waals surface area contributed by atoms with Gasteiger partial charge in [0.2, 0.25) is 5.95 Å². The van der Waals surface area contributed by atoms with E-state index in [-0.39, 0.29) is 30.1 Å². The number of H-pyrrole nitrogens is 1. The Morgan fingerprint density at radius 1 is 0.839 bits per heavy atom. The van der Waals surface area contributed by atoms with Gasteiger partial charge in [0, 0.05) is 12.4 Å². The minimum atomic E-state index is -0.370. The maximum absolute atomic E-state index is 11.1. The Morgan fingerprint density at radius 2 is 1.61 bits per heavy atom. The molecule has 0 radical (unpaired) electrons. The maximum atomic E-state index is 11.1. The van der Waals surface area contributed by atoms with E-state index in [9.17, 15) is 4.79 Å². The van der Waals surface area contributed by atoms with Crippen LogP contribution in [0.2, 0.25) is 0 Å². The number of nitrogen functional groups attached to an aromatic ring is 1. The fourth-order valence-electron chi connectivity index (χ4n) is 4.23. The van der Waals surface area contributed by atoms with Gasteiger partial charge in [-0.15, -0.1) is 0 Å². The minimum absolute atomic E-state index is 0. The molecule has 0 spiro atoms. The molecule has 6 heteroatoms. The van der Waals surface area contributed by atoms with Gasteiger partial charge in [-0.1, -0.05) is 56.0 Å². The molecule has 1 aliphatic carbocycles. The predicted molar refractivity (Wildman–Crippen MR) is 127 cm³/mol. The van der Waals surface area contributed by atoms with E-state index in [1.807, 2.05) is 0 Å². The molecule has 3 aromatic carbocycles. The summed E-state index contributed by atoms with van der Waals surface area (Å²) < 4.78 is 0. The number of nitrogens with two attached hydrogens (primary N) is 1. The maximum Gasteiger partial charge on any atom is 0.280 e. The standard InChI is InChI=1S/C18H16.C6H5N5O.CH4/c1-3-7-15-13(5-1)9-11-18-16-8-4-2-6-14(16)10-12-17(15)18;7-6-10-4-3(5(12)11-6)8-1-2-9-4;/h1,3,5,7,9-12H,2,4,6,8H2;1-2H,(H3,7,9,10,11,12);1H4. The molecule has 156 valence electrons. The summed E-state index contributed by atoms with van der Waals surface area (Å²) in [7, 11) is 0. The normalized spacial score (nSPS) is 12.6. The molecule has 0 bridgehead atoms. The molecular weight excluding hydrogens is 386 g/mol. The van der Waals surface area contributed by atoms with Crippen molar-refractivity contribution in [1.29, 1.82) is 0 Å². The average molecular weight is 412 g/mol. The fourth-order valence-corrected chi connectivity index (χ4v) is 4.23. The van der Waals surface area contributed by atoms with Gasteiger partial charge in [-0.2, -0.15) is 4.98 Å². The van der Waals surface area contributed by atoms with Gasteiger partial charge in [0.25, 0.3) is 5.56 Å². The first-order chi connectivity index (χ1) is 14.7. The molecule has 1 aliphatic rings. The first-order valence-corrected chi connectivity index (χ1v) is 10.1. The number of nitrogens with one attached hydrogen (secondary N) is 1. The number of fused-ring (bicyclic) bond motifs is 6. The molecule has 0 fully saturated rings. The summed E-state index contributed by atoms with van der Waals surface area (Å²) in [6, 6.07) is 18.0. The largest absolute Gasteiger partial charge is 0.369 e. The van der Waals surface area contributed by atoms with E-state index in [1.54, 1.807) is 11.1 Å². The highest BCUT2D eigenvalue weighted by atomic mass is 16.1. The SMILES string of the molecule is C.Nc1nc2nccnc2c(=O)[nH]1.c1ccc2c(c1)ccc1c3c(ccc12)CCCC3. The zero-order valence-electron chi connectivity index (χ0n) is 16.4. The molecule has 0 atom stereocenters. The Balaban J connectivity index is 0.000000156. The second-order valence-corrected chi connectivity index (χ2v) is 7.47. The molecule has 3 N–H and O–H groups in total. The van der Waals surface area contributed by atoms with Crippen molar-refractivity contribution < 1.29 is 0 Å². The van der Waals surface area contributed by atoms with Crippen LogP contribution in [0.4, 0.5) is 5.95 Å². The summed E-state index contributed by atoms with van der Waals surface area (Å²) in [5.74, 6) is 0.0491. The quantitative estimate of drug-likeness (QED) is 0.357. The number of hydrogen-bond acceptors (Lipinski definition) is 5. The molecule has 0 saturated heterocycles. The van der Waals surface area contributed by atoms with Crippen molar-refractivity contribution in [2.75, 3.05) is 5.73 Å². The molecule has 6 nitrogen and oxygen atoms in total. The van der Waals surface area contributed by atoms with Gasteiger partial charge in [-0.05, 0) is 58.4 Å². The van der Waals surface area contributed by atoms with E-state index in [0.29, 0.717) is 0 Å². The highest BCUT2D eigenvalue weighted by Crippen LogP contribution is 2.33. The van der Waals surface area contributed by atoms with Crippen molar-refractivity contribution in [3.05, 3.63) is 82.4 Å². The number of rotatable bonds is 0. The van der Waals surface area contributed by atoms with E-state index >= 15 is 0 Å². The van der Waals surface area contributed by atoms with Gasteiger partial charge in [0.15, 0.2) is 11.2 Å². The van der Waals surface area contributed by atoms with Crippen LogP contribution in [0.25, 0.3) is 32.7 Å². The number of anilines is 1. The Labute approximate surface area is 180 Å². The molecule has 0 aliphatic heterocycles. The van der Waals surface area contributed by atoms with Crippen molar-refractivity contribution in [3.63, 3.8) is 0 Å². The van der Waals surface area contributed by atoms with Crippen molar-refractivity contribution in [2.24, 2.45) is 0 Å². The second kappa shape index (κ2) is 8.52. The Hall–Kier alpha value is -3.80. The molecule has 31 heavy (non-hydrogen) atoms. The van der Waals surface area contributed by atoms with E-state index in [4.69, 9.17) is 5.73 Å². The third-order valence-corrected chi connectivity index (χ3v) is 5.62. The van der Waals surface area contributed by atoms with Crippen LogP contribution in [0.1, 0.15) is 31.4 Å². The Kier molecular flexibility index (Phi) is 5.62. The third-order valence-electron chi connectivity index (χ3n) is 5.62. The van der Waals surface area contributed by atoms with Crippen molar-refractivity contribution in [3.8, 4) is 0 Å². The van der Waals surface area contributed by atoms with Crippen LogP contribution in [-0.2, 0) is 12.8 Å². The van der Waals surface area contributed by atoms with Crippen LogP contribution in [0, 0.1) is 0 Å². The number of hydrogen-bond donors (Lipinski definition) is 2. The summed E-state index contributed by atoms with van der Waals surface area (Å²) in [5.41, 5.74) is 8.56. The molecule has 5 aromatic rings. The third kappa shape index (κ3) is 3.84. The summed E-state index contributed by atoms with van der Waals surface area (Å²) >= 11 is 0. The number of nitrogens with zero attached hydrogens (tertiary/aromatic N) is 3. The zero-order valence-corrected chi connectivity index (χ0v) is 16.4. The predicted octanol–water partition coefficient (Wildman–Crippen LogP) is 4.80. The average Bonchev–Trinajstić information content (AvgIpc) is 2.79. The van der Waals surface area contributed by atoms with Crippen LogP contribution in [-0.4, -0.2) is 19.9 Å². The lowest BCUT2D eigenvalue weighted by Gasteiger charge is -2.18. The van der Waals surface area contributed by atoms with Gasteiger partial charge in [-0.3, -0.25) is 9.78 Å². The molecule has 0 unspecified atom stereocenters. The fraction of sp³-hybridized carbons (Fsp3) is 0.200. The summed E-state index contributed by atoms with van der Waals surface area (Å²) in [4.78, 5) is 24.9. The van der Waals surface area contributed by atoms with Crippen LogP contribution >= 0.6 is 0 Å². The van der Waals surface area contributed by atoms with Crippen LogP contribution in [0.3, 0.4) is 0 Å². The van der Waals surface area contributed by atoms with Crippen LogP contribution in [0.5, 0.6) is 0 Å². The van der Waals surface area contributed by atoms with Gasteiger partial charge in [-0.25, -0.2) is 9.97 Å². The minimum Gasteiger partial charge on any atom is -0.369 e. The Morgan fingerprint density at radius 3 is 2.52 bits per heavy atom. The number of aromatic amines is 1. The number of benzene rings is 3. The molecule has 0 saturated carbocycles. The van der Waals surface area contributed by atoms with Crippen LogP contribution in [0.15, 0.2) is 65.7 Å². The van der Waals surface area contributed by atoms with Crippen LogP contribution < -0.4 is 11.3 Å².